The standard InChI is InChI=1S/C24H25N3O5/c28-22(12-15-26-19-8-4-5-9-20(19)31-23(26)29)25-13-10-18(11-14-25)27-16-21(32-24(27)30)17-6-2-1-3-7-17/h1-9,18,21H,10-16H2. The first-order valence-corrected chi connectivity index (χ1v) is 11.0. The van der Waals surface area contributed by atoms with E-state index in [0.717, 1.165) is 18.4 Å². The van der Waals surface area contributed by atoms with Gasteiger partial charge in [-0.3, -0.25) is 9.36 Å². The number of piperidine rings is 1. The summed E-state index contributed by atoms with van der Waals surface area (Å²) in [5, 5.41) is 0. The van der Waals surface area contributed by atoms with Crippen LogP contribution in [0.25, 0.3) is 11.1 Å². The number of hydrogen-bond acceptors (Lipinski definition) is 5. The van der Waals surface area contributed by atoms with Gasteiger partial charge in [0.2, 0.25) is 5.91 Å². The van der Waals surface area contributed by atoms with Gasteiger partial charge in [0.15, 0.2) is 5.58 Å². The second-order valence-corrected chi connectivity index (χ2v) is 8.28. The van der Waals surface area contributed by atoms with Crippen LogP contribution < -0.4 is 5.76 Å². The van der Waals surface area contributed by atoms with Gasteiger partial charge in [-0.2, -0.15) is 0 Å². The summed E-state index contributed by atoms with van der Waals surface area (Å²) in [5.41, 5.74) is 2.22. The zero-order chi connectivity index (χ0) is 22.1. The molecule has 1 aromatic heterocycles. The highest BCUT2D eigenvalue weighted by Gasteiger charge is 2.38. The molecule has 8 nitrogen and oxygen atoms in total. The molecule has 0 radical (unpaired) electrons. The van der Waals surface area contributed by atoms with Crippen molar-refractivity contribution in [2.75, 3.05) is 19.6 Å². The predicted molar refractivity (Wildman–Crippen MR) is 117 cm³/mol. The molecular formula is C24H25N3O5. The highest BCUT2D eigenvalue weighted by molar-refractivity contribution is 5.77. The van der Waals surface area contributed by atoms with Crippen LogP contribution in [0.3, 0.4) is 0 Å². The lowest BCUT2D eigenvalue weighted by Crippen LogP contribution is -2.47. The minimum absolute atomic E-state index is 0.00629. The number of likely N-dealkylation sites (tertiary alicyclic amines) is 1. The number of fused-ring (bicyclic) bond motifs is 1. The molecule has 5 rings (SSSR count). The van der Waals surface area contributed by atoms with Crippen molar-refractivity contribution >= 4 is 23.1 Å². The largest absolute Gasteiger partial charge is 0.439 e. The molecule has 2 aliphatic rings. The van der Waals surface area contributed by atoms with Crippen molar-refractivity contribution < 1.29 is 18.7 Å². The van der Waals surface area contributed by atoms with E-state index in [1.807, 2.05) is 53.4 Å². The Morgan fingerprint density at radius 2 is 1.69 bits per heavy atom. The van der Waals surface area contributed by atoms with Gasteiger partial charge in [0.25, 0.3) is 0 Å². The Kier molecular flexibility index (Phi) is 5.43. The second-order valence-electron chi connectivity index (χ2n) is 8.28. The lowest BCUT2D eigenvalue weighted by Gasteiger charge is -2.35. The minimum atomic E-state index is -0.446. The summed E-state index contributed by atoms with van der Waals surface area (Å²) in [7, 11) is 0. The van der Waals surface area contributed by atoms with E-state index in [4.69, 9.17) is 9.15 Å². The lowest BCUT2D eigenvalue weighted by atomic mass is 10.0. The molecule has 32 heavy (non-hydrogen) atoms. The van der Waals surface area contributed by atoms with Gasteiger partial charge in [-0.15, -0.1) is 0 Å². The molecule has 2 amide bonds. The van der Waals surface area contributed by atoms with Crippen molar-refractivity contribution in [1.82, 2.24) is 14.4 Å². The molecule has 3 heterocycles. The van der Waals surface area contributed by atoms with Crippen LogP contribution in [0, 0.1) is 0 Å². The van der Waals surface area contributed by atoms with Crippen molar-refractivity contribution in [2.45, 2.75) is 38.0 Å². The van der Waals surface area contributed by atoms with Gasteiger partial charge in [-0.1, -0.05) is 42.5 Å². The molecule has 2 aliphatic heterocycles. The number of aromatic nitrogens is 1. The Morgan fingerprint density at radius 3 is 2.47 bits per heavy atom. The zero-order valence-corrected chi connectivity index (χ0v) is 17.7. The van der Waals surface area contributed by atoms with Crippen LogP contribution in [0.4, 0.5) is 4.79 Å². The summed E-state index contributed by atoms with van der Waals surface area (Å²) in [6.07, 6.45) is 1.14. The molecule has 8 heteroatoms. The number of aryl methyl sites for hydroxylation is 1. The molecule has 3 aromatic rings. The minimum Gasteiger partial charge on any atom is -0.439 e. The Hall–Kier alpha value is -3.55. The van der Waals surface area contributed by atoms with Crippen LogP contribution >= 0.6 is 0 Å². The van der Waals surface area contributed by atoms with Gasteiger partial charge in [-0.25, -0.2) is 9.59 Å². The van der Waals surface area contributed by atoms with Gasteiger partial charge in [0, 0.05) is 32.1 Å². The maximum atomic E-state index is 12.7. The van der Waals surface area contributed by atoms with E-state index < -0.39 is 5.76 Å². The van der Waals surface area contributed by atoms with Crippen molar-refractivity contribution in [3.8, 4) is 0 Å². The average molecular weight is 435 g/mol. The molecule has 166 valence electrons. The van der Waals surface area contributed by atoms with E-state index in [-0.39, 0.29) is 37.1 Å². The third kappa shape index (κ3) is 3.88. The maximum Gasteiger partial charge on any atom is 0.419 e. The number of rotatable bonds is 5. The van der Waals surface area contributed by atoms with E-state index in [9.17, 15) is 14.4 Å². The molecule has 0 aliphatic carbocycles. The Morgan fingerprint density at radius 1 is 0.969 bits per heavy atom. The average Bonchev–Trinajstić information content (AvgIpc) is 3.37. The van der Waals surface area contributed by atoms with Crippen LogP contribution in [-0.4, -0.2) is 52.0 Å². The highest BCUT2D eigenvalue weighted by Crippen LogP contribution is 2.30. The number of amides is 2. The first-order valence-electron chi connectivity index (χ1n) is 11.0. The van der Waals surface area contributed by atoms with Gasteiger partial charge < -0.3 is 19.0 Å². The van der Waals surface area contributed by atoms with Crippen LogP contribution in [0.2, 0.25) is 0 Å². The normalized spacial score (nSPS) is 19.5. The molecule has 2 saturated heterocycles. The first-order chi connectivity index (χ1) is 15.6. The second kappa shape index (κ2) is 8.53. The monoisotopic (exact) mass is 435 g/mol. The molecule has 1 unspecified atom stereocenters. The summed E-state index contributed by atoms with van der Waals surface area (Å²) in [6.45, 7) is 2.00. The Labute approximate surface area is 185 Å². The van der Waals surface area contributed by atoms with Gasteiger partial charge >= 0.3 is 11.8 Å². The van der Waals surface area contributed by atoms with Crippen LogP contribution in [-0.2, 0) is 16.1 Å². The molecule has 0 saturated carbocycles. The van der Waals surface area contributed by atoms with Crippen LogP contribution in [0.5, 0.6) is 0 Å². The van der Waals surface area contributed by atoms with E-state index in [2.05, 4.69) is 0 Å². The molecule has 2 fully saturated rings. The third-order valence-electron chi connectivity index (χ3n) is 6.39. The summed E-state index contributed by atoms with van der Waals surface area (Å²) in [5.74, 6) is -0.440. The third-order valence-corrected chi connectivity index (χ3v) is 6.39. The number of ether oxygens (including phenoxy) is 1. The van der Waals surface area contributed by atoms with E-state index >= 15 is 0 Å². The quantitative estimate of drug-likeness (QED) is 0.615. The summed E-state index contributed by atoms with van der Waals surface area (Å²) < 4.78 is 12.3. The number of oxazole rings is 1. The number of carbonyl (C=O) groups excluding carboxylic acids is 2. The Bertz CT molecular complexity index is 1180. The topological polar surface area (TPSA) is 85.0 Å². The fourth-order valence-corrected chi connectivity index (χ4v) is 4.64. The van der Waals surface area contributed by atoms with Crippen LogP contribution in [0.1, 0.15) is 30.9 Å². The fourth-order valence-electron chi connectivity index (χ4n) is 4.64. The zero-order valence-electron chi connectivity index (χ0n) is 17.7. The smallest absolute Gasteiger partial charge is 0.419 e. The number of nitrogens with zero attached hydrogens (tertiary/aromatic N) is 3. The highest BCUT2D eigenvalue weighted by atomic mass is 16.6. The molecule has 0 bridgehead atoms. The molecule has 1 atom stereocenters. The number of cyclic esters (lactones) is 1. The van der Waals surface area contributed by atoms with Crippen molar-refractivity contribution in [1.29, 1.82) is 0 Å². The van der Waals surface area contributed by atoms with Crippen molar-refractivity contribution in [2.24, 2.45) is 0 Å². The van der Waals surface area contributed by atoms with Crippen LogP contribution in [0.15, 0.2) is 63.8 Å². The summed E-state index contributed by atoms with van der Waals surface area (Å²) in [4.78, 5) is 40.9. The lowest BCUT2D eigenvalue weighted by molar-refractivity contribution is -0.132. The molecule has 2 aromatic carbocycles. The summed E-state index contributed by atoms with van der Waals surface area (Å²) in [6, 6.07) is 17.0. The maximum absolute atomic E-state index is 12.7. The first kappa shape index (κ1) is 20.4. The van der Waals surface area contributed by atoms with E-state index in [1.165, 1.54) is 4.57 Å². The SMILES string of the molecule is O=C(CCn1c(=O)oc2ccccc21)N1CCC(N2CC(c3ccccc3)OC2=O)CC1. The van der Waals surface area contributed by atoms with E-state index in [1.54, 1.807) is 11.0 Å². The summed E-state index contributed by atoms with van der Waals surface area (Å²) >= 11 is 0. The molecular weight excluding hydrogens is 410 g/mol. The number of hydrogen-bond donors (Lipinski definition) is 0. The number of benzene rings is 2. The number of carbonyl (C=O) groups is 2. The molecule has 0 N–H and O–H groups in total. The van der Waals surface area contributed by atoms with Gasteiger partial charge in [0.05, 0.1) is 12.1 Å². The van der Waals surface area contributed by atoms with Gasteiger partial charge in [0.1, 0.15) is 6.10 Å². The van der Waals surface area contributed by atoms with Crippen molar-refractivity contribution in [3.63, 3.8) is 0 Å². The predicted octanol–water partition coefficient (Wildman–Crippen LogP) is 3.17. The number of para-hydroxylation sites is 2. The van der Waals surface area contributed by atoms with Crippen molar-refractivity contribution in [3.05, 3.63) is 70.7 Å². The molecule has 0 spiro atoms. The fraction of sp³-hybridized carbons (Fsp3) is 0.375. The Balaban J connectivity index is 1.15. The van der Waals surface area contributed by atoms with E-state index in [0.29, 0.717) is 30.7 Å². The van der Waals surface area contributed by atoms with Gasteiger partial charge in [-0.05, 0) is 30.5 Å².